The van der Waals surface area contributed by atoms with Crippen LogP contribution in [0, 0.1) is 6.92 Å². The Balaban J connectivity index is 0.00000242. The number of piperazine rings is 1. The maximum atomic E-state index is 12.9. The van der Waals surface area contributed by atoms with Crippen molar-refractivity contribution in [1.29, 1.82) is 0 Å². The summed E-state index contributed by atoms with van der Waals surface area (Å²) in [5, 5.41) is 11.5. The quantitative estimate of drug-likeness (QED) is 0.223. The van der Waals surface area contributed by atoms with Gasteiger partial charge in [0.15, 0.2) is 0 Å². The fourth-order valence-electron chi connectivity index (χ4n) is 5.50. The number of halogens is 2. The van der Waals surface area contributed by atoms with Gasteiger partial charge in [0.05, 0.1) is 12.2 Å². The molecule has 1 unspecified atom stereocenters. The van der Waals surface area contributed by atoms with Gasteiger partial charge in [0.25, 0.3) is 0 Å². The van der Waals surface area contributed by atoms with Gasteiger partial charge in [-0.25, -0.2) is 4.79 Å². The van der Waals surface area contributed by atoms with Crippen LogP contribution in [-0.2, 0) is 17.8 Å². The van der Waals surface area contributed by atoms with E-state index in [4.69, 9.17) is 9.47 Å². The molecular formula is C33H41Cl2N3O4. The molecule has 0 saturated carbocycles. The van der Waals surface area contributed by atoms with Crippen LogP contribution < -0.4 is 4.74 Å². The number of hydrogen-bond acceptors (Lipinski definition) is 6. The summed E-state index contributed by atoms with van der Waals surface area (Å²) in [6.07, 6.45) is -0.606. The van der Waals surface area contributed by atoms with Gasteiger partial charge >= 0.3 is 5.97 Å². The number of esters is 1. The Morgan fingerprint density at radius 2 is 1.45 bits per heavy atom. The molecule has 0 bridgehead atoms. The first-order chi connectivity index (χ1) is 19.5. The van der Waals surface area contributed by atoms with E-state index >= 15 is 0 Å². The Morgan fingerprint density at radius 1 is 0.857 bits per heavy atom. The number of carbonyl (C=O) groups excluding carboxylic acids is 1. The van der Waals surface area contributed by atoms with Gasteiger partial charge in [-0.2, -0.15) is 0 Å². The molecule has 0 radical (unpaired) electrons. The Bertz CT molecular complexity index is 1410. The minimum Gasteiger partial charge on any atom is -0.491 e. The van der Waals surface area contributed by atoms with Crippen LogP contribution in [-0.4, -0.2) is 77.5 Å². The lowest BCUT2D eigenvalue weighted by Crippen LogP contribution is -2.48. The monoisotopic (exact) mass is 613 g/mol. The summed E-state index contributed by atoms with van der Waals surface area (Å²) in [7, 11) is 0. The number of aromatic nitrogens is 1. The van der Waals surface area contributed by atoms with Crippen LogP contribution in [0.15, 0.2) is 78.9 Å². The molecule has 2 heterocycles. The lowest BCUT2D eigenvalue weighted by molar-refractivity contribution is 0.0446. The number of aliphatic hydroxyl groups is 1. The molecule has 0 aliphatic carbocycles. The molecule has 3 aromatic carbocycles. The topological polar surface area (TPSA) is 67.2 Å². The molecule has 1 saturated heterocycles. The van der Waals surface area contributed by atoms with E-state index in [1.807, 2.05) is 56.3 Å². The van der Waals surface area contributed by atoms with Gasteiger partial charge in [-0.1, -0.05) is 60.7 Å². The standard InChI is InChI=1S/C33H39N3O4.2ClH/c1-3-39-33(38)32-25(2)36(22-27-12-8-5-9-13-27)31-15-14-29(20-30(31)32)40-24-28(37)23-35-18-16-34(17-19-35)21-26-10-6-4-7-11-26;;/h4-15,20,28,37H,3,16-19,21-24H2,1-2H3;2*1H. The number of carbonyl (C=O) groups is 1. The van der Waals surface area contributed by atoms with Crippen LogP contribution in [0.1, 0.15) is 34.1 Å². The van der Waals surface area contributed by atoms with Crippen molar-refractivity contribution in [3.8, 4) is 5.75 Å². The Hall–Kier alpha value is -3.07. The summed E-state index contributed by atoms with van der Waals surface area (Å²) < 4.78 is 13.6. The average molecular weight is 615 g/mol. The maximum Gasteiger partial charge on any atom is 0.340 e. The molecule has 1 aliphatic heterocycles. The fourth-order valence-corrected chi connectivity index (χ4v) is 5.50. The fraction of sp³-hybridized carbons (Fsp3) is 0.364. The summed E-state index contributed by atoms with van der Waals surface area (Å²) in [5.41, 5.74) is 4.86. The normalized spacial score (nSPS) is 14.5. The highest BCUT2D eigenvalue weighted by atomic mass is 35.5. The number of aliphatic hydroxyl groups excluding tert-OH is 1. The van der Waals surface area contributed by atoms with Crippen LogP contribution >= 0.6 is 24.8 Å². The van der Waals surface area contributed by atoms with Crippen LogP contribution in [0.2, 0.25) is 0 Å². The number of fused-ring (bicyclic) bond motifs is 1. The van der Waals surface area contributed by atoms with Crippen molar-refractivity contribution in [3.05, 3.63) is 101 Å². The maximum absolute atomic E-state index is 12.9. The first-order valence-corrected chi connectivity index (χ1v) is 14.1. The highest BCUT2D eigenvalue weighted by Crippen LogP contribution is 2.31. The minimum atomic E-state index is -0.606. The van der Waals surface area contributed by atoms with E-state index in [1.54, 1.807) is 0 Å². The number of ether oxygens (including phenoxy) is 2. The second-order valence-electron chi connectivity index (χ2n) is 10.5. The molecule has 7 nitrogen and oxygen atoms in total. The predicted molar refractivity (Wildman–Crippen MR) is 172 cm³/mol. The first kappa shape index (κ1) is 33.4. The van der Waals surface area contributed by atoms with Crippen LogP contribution in [0.5, 0.6) is 5.75 Å². The molecule has 5 rings (SSSR count). The summed E-state index contributed by atoms with van der Waals surface area (Å²) in [5.74, 6) is 0.294. The third kappa shape index (κ3) is 8.27. The summed E-state index contributed by atoms with van der Waals surface area (Å²) in [6.45, 7) is 10.3. The summed E-state index contributed by atoms with van der Waals surface area (Å²) in [6, 6.07) is 26.5. The molecule has 42 heavy (non-hydrogen) atoms. The molecular weight excluding hydrogens is 573 g/mol. The van der Waals surface area contributed by atoms with Crippen molar-refractivity contribution in [2.45, 2.75) is 33.0 Å². The summed E-state index contributed by atoms with van der Waals surface area (Å²) in [4.78, 5) is 17.7. The number of rotatable bonds is 11. The molecule has 226 valence electrons. The lowest BCUT2D eigenvalue weighted by Gasteiger charge is -2.35. The Morgan fingerprint density at radius 3 is 2.07 bits per heavy atom. The van der Waals surface area contributed by atoms with Crippen molar-refractivity contribution in [2.75, 3.05) is 45.9 Å². The van der Waals surface area contributed by atoms with Crippen LogP contribution in [0.4, 0.5) is 0 Å². The van der Waals surface area contributed by atoms with Gasteiger partial charge in [0.1, 0.15) is 18.5 Å². The van der Waals surface area contributed by atoms with Gasteiger partial charge < -0.3 is 19.1 Å². The molecule has 1 aromatic heterocycles. The number of β-amino-alcohol motifs (C(OH)–C–C–N with tert-alkyl or cyclic N) is 1. The van der Waals surface area contributed by atoms with Gasteiger partial charge in [-0.15, -0.1) is 24.8 Å². The molecule has 4 aromatic rings. The predicted octanol–water partition coefficient (Wildman–Crippen LogP) is 5.58. The Kier molecular flexibility index (Phi) is 12.7. The SMILES string of the molecule is CCOC(=O)c1c(C)n(Cc2ccccc2)c2ccc(OCC(O)CN3CCN(Cc4ccccc4)CC3)cc12.Cl.Cl. The second kappa shape index (κ2) is 16.0. The minimum absolute atomic E-state index is 0. The Labute approximate surface area is 260 Å². The smallest absolute Gasteiger partial charge is 0.340 e. The third-order valence-electron chi connectivity index (χ3n) is 7.58. The third-order valence-corrected chi connectivity index (χ3v) is 7.58. The second-order valence-corrected chi connectivity index (χ2v) is 10.5. The van der Waals surface area contributed by atoms with E-state index in [1.165, 1.54) is 5.56 Å². The van der Waals surface area contributed by atoms with E-state index in [-0.39, 0.29) is 37.4 Å². The molecule has 1 N–H and O–H groups in total. The van der Waals surface area contributed by atoms with Gasteiger partial charge in [0, 0.05) is 62.4 Å². The van der Waals surface area contributed by atoms with Gasteiger partial charge in [-0.05, 0) is 43.2 Å². The zero-order valence-electron chi connectivity index (χ0n) is 24.3. The largest absolute Gasteiger partial charge is 0.491 e. The van der Waals surface area contributed by atoms with E-state index < -0.39 is 6.10 Å². The van der Waals surface area contributed by atoms with Crippen molar-refractivity contribution in [3.63, 3.8) is 0 Å². The highest BCUT2D eigenvalue weighted by Gasteiger charge is 2.23. The zero-order valence-corrected chi connectivity index (χ0v) is 25.9. The molecule has 9 heteroatoms. The van der Waals surface area contributed by atoms with Crippen molar-refractivity contribution >= 4 is 41.7 Å². The average Bonchev–Trinajstić information content (AvgIpc) is 3.24. The van der Waals surface area contributed by atoms with E-state index in [2.05, 4.69) is 50.8 Å². The highest BCUT2D eigenvalue weighted by molar-refractivity contribution is 6.06. The molecule has 1 fully saturated rings. The number of benzene rings is 3. The first-order valence-electron chi connectivity index (χ1n) is 14.1. The molecule has 1 aliphatic rings. The van der Waals surface area contributed by atoms with Gasteiger partial charge in [-0.3, -0.25) is 9.80 Å². The molecule has 0 amide bonds. The van der Waals surface area contributed by atoms with Crippen LogP contribution in [0.25, 0.3) is 10.9 Å². The number of hydrogen-bond donors (Lipinski definition) is 1. The van der Waals surface area contributed by atoms with E-state index in [0.29, 0.717) is 31.0 Å². The zero-order chi connectivity index (χ0) is 27.9. The van der Waals surface area contributed by atoms with E-state index in [9.17, 15) is 9.90 Å². The van der Waals surface area contributed by atoms with Crippen molar-refractivity contribution < 1.29 is 19.4 Å². The van der Waals surface area contributed by atoms with Crippen molar-refractivity contribution in [1.82, 2.24) is 14.4 Å². The molecule has 0 spiro atoms. The lowest BCUT2D eigenvalue weighted by atomic mass is 10.1. The van der Waals surface area contributed by atoms with E-state index in [0.717, 1.165) is 54.9 Å². The number of nitrogens with zero attached hydrogens (tertiary/aromatic N) is 3. The van der Waals surface area contributed by atoms with Crippen molar-refractivity contribution in [2.24, 2.45) is 0 Å². The van der Waals surface area contributed by atoms with Gasteiger partial charge in [0.2, 0.25) is 0 Å². The summed E-state index contributed by atoms with van der Waals surface area (Å²) >= 11 is 0. The molecule has 1 atom stereocenters. The van der Waals surface area contributed by atoms with Crippen LogP contribution in [0.3, 0.4) is 0 Å².